The van der Waals surface area contributed by atoms with E-state index in [-0.39, 0.29) is 4.21 Å². The van der Waals surface area contributed by atoms with Crippen LogP contribution in [0.2, 0.25) is 0 Å². The summed E-state index contributed by atoms with van der Waals surface area (Å²) in [5, 5.41) is 10.7. The van der Waals surface area contributed by atoms with Crippen molar-refractivity contribution in [1.29, 1.82) is 0 Å². The lowest BCUT2D eigenvalue weighted by molar-refractivity contribution is -0.135. The number of nitrogens with zero attached hydrogens (tertiary/aromatic N) is 1. The number of para-hydroxylation sites is 1. The maximum absolute atomic E-state index is 12.7. The first kappa shape index (κ1) is 15.5. The molecular formula is C14H15NO4S2. The van der Waals surface area contributed by atoms with Crippen molar-refractivity contribution in [3.8, 4) is 0 Å². The molecule has 1 aromatic heterocycles. The van der Waals surface area contributed by atoms with E-state index < -0.39 is 22.5 Å². The zero-order chi connectivity index (χ0) is 15.6. The molecule has 1 N–H and O–H groups in total. The molecule has 0 unspecified atom stereocenters. The van der Waals surface area contributed by atoms with E-state index in [9.17, 15) is 13.2 Å². The minimum atomic E-state index is -3.88. The Balaban J connectivity index is 2.62. The van der Waals surface area contributed by atoms with Crippen LogP contribution in [0.3, 0.4) is 0 Å². The number of rotatable bonds is 5. The quantitative estimate of drug-likeness (QED) is 0.917. The molecule has 0 radical (unpaired) electrons. The van der Waals surface area contributed by atoms with Crippen LogP contribution >= 0.6 is 11.3 Å². The number of hydrogen-bond acceptors (Lipinski definition) is 4. The third-order valence-electron chi connectivity index (χ3n) is 3.01. The summed E-state index contributed by atoms with van der Waals surface area (Å²) in [5.74, 6) is -1.20. The first-order chi connectivity index (χ1) is 9.84. The number of aliphatic carboxylic acids is 1. The van der Waals surface area contributed by atoms with Gasteiger partial charge in [-0.2, -0.15) is 0 Å². The minimum absolute atomic E-state index is 0.131. The number of benzene rings is 1. The molecule has 0 aliphatic heterocycles. The standard InChI is InChI=1S/C14H15NO4S2/c1-10-5-3-6-11(2)14(10)15(9-12(16)17)21(18,19)13-7-4-8-20-13/h3-8H,9H2,1-2H3,(H,16,17). The number of anilines is 1. The molecule has 21 heavy (non-hydrogen) atoms. The number of aryl methyl sites for hydroxylation is 2. The second-order valence-corrected chi connectivity index (χ2v) is 7.61. The molecule has 1 aromatic carbocycles. The number of thiophene rings is 1. The Hall–Kier alpha value is -1.86. The molecule has 112 valence electrons. The van der Waals surface area contributed by atoms with E-state index in [1.165, 1.54) is 6.07 Å². The van der Waals surface area contributed by atoms with E-state index in [1.54, 1.807) is 37.4 Å². The zero-order valence-corrected chi connectivity index (χ0v) is 13.2. The summed E-state index contributed by atoms with van der Waals surface area (Å²) in [5.41, 5.74) is 1.86. The number of carboxylic acids is 1. The molecule has 0 atom stereocenters. The van der Waals surface area contributed by atoms with Crippen molar-refractivity contribution in [2.45, 2.75) is 18.1 Å². The van der Waals surface area contributed by atoms with E-state index in [2.05, 4.69) is 0 Å². The highest BCUT2D eigenvalue weighted by Gasteiger charge is 2.29. The molecule has 0 saturated heterocycles. The molecule has 0 bridgehead atoms. The van der Waals surface area contributed by atoms with Gasteiger partial charge in [0.15, 0.2) is 0 Å². The van der Waals surface area contributed by atoms with Gasteiger partial charge in [0, 0.05) is 0 Å². The van der Waals surface area contributed by atoms with Gasteiger partial charge < -0.3 is 5.11 Å². The van der Waals surface area contributed by atoms with Gasteiger partial charge in [-0.25, -0.2) is 8.42 Å². The molecule has 0 saturated carbocycles. The van der Waals surface area contributed by atoms with Gasteiger partial charge in [-0.05, 0) is 36.4 Å². The van der Waals surface area contributed by atoms with E-state index in [0.717, 1.165) is 26.8 Å². The van der Waals surface area contributed by atoms with Crippen LogP contribution in [0.25, 0.3) is 0 Å². The summed E-state index contributed by atoms with van der Waals surface area (Å²) >= 11 is 1.07. The van der Waals surface area contributed by atoms with Crippen molar-refractivity contribution in [3.05, 3.63) is 46.8 Å². The van der Waals surface area contributed by atoms with Crippen molar-refractivity contribution < 1.29 is 18.3 Å². The summed E-state index contributed by atoms with van der Waals surface area (Å²) in [6.07, 6.45) is 0. The Morgan fingerprint density at radius 1 is 1.19 bits per heavy atom. The fraction of sp³-hybridized carbons (Fsp3) is 0.214. The Kier molecular flexibility index (Phi) is 4.34. The Bertz CT molecular complexity index is 731. The van der Waals surface area contributed by atoms with E-state index in [4.69, 9.17) is 5.11 Å². The molecule has 1 heterocycles. The van der Waals surface area contributed by atoms with Gasteiger partial charge in [-0.3, -0.25) is 9.10 Å². The molecule has 2 rings (SSSR count). The van der Waals surface area contributed by atoms with Crippen molar-refractivity contribution in [1.82, 2.24) is 0 Å². The zero-order valence-electron chi connectivity index (χ0n) is 11.6. The normalized spacial score (nSPS) is 11.3. The van der Waals surface area contributed by atoms with E-state index >= 15 is 0 Å². The van der Waals surface area contributed by atoms with Gasteiger partial charge in [-0.1, -0.05) is 24.3 Å². The lowest BCUT2D eigenvalue weighted by Gasteiger charge is -2.25. The molecule has 2 aromatic rings. The predicted molar refractivity (Wildman–Crippen MR) is 82.4 cm³/mol. The monoisotopic (exact) mass is 325 g/mol. The molecule has 0 aliphatic rings. The van der Waals surface area contributed by atoms with Crippen molar-refractivity contribution in [2.75, 3.05) is 10.8 Å². The second-order valence-electron chi connectivity index (χ2n) is 4.58. The Morgan fingerprint density at radius 2 is 1.81 bits per heavy atom. The molecule has 0 fully saturated rings. The van der Waals surface area contributed by atoms with Crippen LogP contribution < -0.4 is 4.31 Å². The molecular weight excluding hydrogens is 310 g/mol. The largest absolute Gasteiger partial charge is 0.480 e. The third kappa shape index (κ3) is 3.08. The average Bonchev–Trinajstić information content (AvgIpc) is 2.91. The van der Waals surface area contributed by atoms with Crippen molar-refractivity contribution >= 4 is 33.0 Å². The number of carbonyl (C=O) groups is 1. The maximum Gasteiger partial charge on any atom is 0.324 e. The SMILES string of the molecule is Cc1cccc(C)c1N(CC(=O)O)S(=O)(=O)c1cccs1. The first-order valence-electron chi connectivity index (χ1n) is 6.18. The topological polar surface area (TPSA) is 74.7 Å². The van der Waals surface area contributed by atoms with Crippen LogP contribution in [0.4, 0.5) is 5.69 Å². The molecule has 7 heteroatoms. The highest BCUT2D eigenvalue weighted by molar-refractivity contribution is 7.94. The summed E-state index contributed by atoms with van der Waals surface area (Å²) in [6, 6.07) is 8.44. The van der Waals surface area contributed by atoms with Crippen LogP contribution in [0.1, 0.15) is 11.1 Å². The van der Waals surface area contributed by atoms with Gasteiger partial charge in [0.25, 0.3) is 10.0 Å². The molecule has 0 amide bonds. The van der Waals surface area contributed by atoms with Gasteiger partial charge in [0.2, 0.25) is 0 Å². The predicted octanol–water partition coefficient (Wildman–Crippen LogP) is 2.64. The Labute approximate surface area is 127 Å². The number of hydrogen-bond donors (Lipinski definition) is 1. The van der Waals surface area contributed by atoms with Crippen molar-refractivity contribution in [3.63, 3.8) is 0 Å². The average molecular weight is 325 g/mol. The van der Waals surface area contributed by atoms with E-state index in [1.807, 2.05) is 6.07 Å². The van der Waals surface area contributed by atoms with Gasteiger partial charge in [0.05, 0.1) is 5.69 Å². The summed E-state index contributed by atoms with van der Waals surface area (Å²) < 4.78 is 26.5. The Morgan fingerprint density at radius 3 is 2.29 bits per heavy atom. The van der Waals surface area contributed by atoms with Crippen LogP contribution in [0.15, 0.2) is 39.9 Å². The van der Waals surface area contributed by atoms with Gasteiger partial charge in [-0.15, -0.1) is 11.3 Å². The van der Waals surface area contributed by atoms with E-state index in [0.29, 0.717) is 5.69 Å². The lowest BCUT2D eigenvalue weighted by atomic mass is 10.1. The van der Waals surface area contributed by atoms with Crippen molar-refractivity contribution in [2.24, 2.45) is 0 Å². The van der Waals surface area contributed by atoms with Crippen LogP contribution in [-0.2, 0) is 14.8 Å². The van der Waals surface area contributed by atoms with Crippen LogP contribution in [0, 0.1) is 13.8 Å². The number of sulfonamides is 1. The van der Waals surface area contributed by atoms with Crippen LogP contribution in [0.5, 0.6) is 0 Å². The molecule has 5 nitrogen and oxygen atoms in total. The fourth-order valence-electron chi connectivity index (χ4n) is 2.12. The molecule has 0 spiro atoms. The summed E-state index contributed by atoms with van der Waals surface area (Å²) in [7, 11) is -3.88. The maximum atomic E-state index is 12.7. The number of carboxylic acid groups (broad SMARTS) is 1. The summed E-state index contributed by atoms with van der Waals surface area (Å²) in [4.78, 5) is 11.1. The molecule has 0 aliphatic carbocycles. The smallest absolute Gasteiger partial charge is 0.324 e. The fourth-order valence-corrected chi connectivity index (χ4v) is 4.77. The minimum Gasteiger partial charge on any atom is -0.480 e. The van der Waals surface area contributed by atoms with Gasteiger partial charge in [0.1, 0.15) is 10.8 Å². The van der Waals surface area contributed by atoms with Gasteiger partial charge >= 0.3 is 5.97 Å². The lowest BCUT2D eigenvalue weighted by Crippen LogP contribution is -2.36. The van der Waals surface area contributed by atoms with Crippen LogP contribution in [-0.4, -0.2) is 26.0 Å². The highest BCUT2D eigenvalue weighted by Crippen LogP contribution is 2.31. The highest BCUT2D eigenvalue weighted by atomic mass is 32.2. The summed E-state index contributed by atoms with van der Waals surface area (Å²) in [6.45, 7) is 2.92. The third-order valence-corrected chi connectivity index (χ3v) is 6.13. The second kappa shape index (κ2) is 5.87. The first-order valence-corrected chi connectivity index (χ1v) is 8.50.